The summed E-state index contributed by atoms with van der Waals surface area (Å²) in [5, 5.41) is 4.51. The fourth-order valence-corrected chi connectivity index (χ4v) is 1.28. The molecule has 2 aromatic heterocycles. The molecular formula is C9H10ClN5. The maximum Gasteiger partial charge on any atom is 0.253 e. The second kappa shape index (κ2) is 3.94. The first-order chi connectivity index (χ1) is 7.18. The lowest BCUT2D eigenvalue weighted by molar-refractivity contribution is 0.735. The van der Waals surface area contributed by atoms with Crippen LogP contribution in [0.2, 0.25) is 5.28 Å². The van der Waals surface area contributed by atoms with Gasteiger partial charge >= 0.3 is 0 Å². The summed E-state index contributed by atoms with van der Waals surface area (Å²) in [7, 11) is 0. The predicted molar refractivity (Wildman–Crippen MR) is 56.0 cm³/mol. The van der Waals surface area contributed by atoms with Crippen LogP contribution in [0.1, 0.15) is 25.6 Å². The molecule has 0 spiro atoms. The first kappa shape index (κ1) is 10.0. The fourth-order valence-electron chi connectivity index (χ4n) is 1.08. The van der Waals surface area contributed by atoms with Crippen LogP contribution in [0, 0.1) is 0 Å². The molecule has 0 aliphatic heterocycles. The summed E-state index contributed by atoms with van der Waals surface area (Å²) in [6, 6.07) is 1.73. The molecule has 5 nitrogen and oxygen atoms in total. The monoisotopic (exact) mass is 223 g/mol. The van der Waals surface area contributed by atoms with Crippen molar-refractivity contribution in [2.75, 3.05) is 0 Å². The second-order valence-corrected chi connectivity index (χ2v) is 3.69. The number of hydrogen-bond acceptors (Lipinski definition) is 4. The molecule has 0 N–H and O–H groups in total. The summed E-state index contributed by atoms with van der Waals surface area (Å²) in [4.78, 5) is 12.2. The molecule has 0 unspecified atom stereocenters. The molecule has 0 fully saturated rings. The highest BCUT2D eigenvalue weighted by Crippen LogP contribution is 2.15. The van der Waals surface area contributed by atoms with Gasteiger partial charge in [-0.1, -0.05) is 13.8 Å². The van der Waals surface area contributed by atoms with Crippen molar-refractivity contribution in [2.24, 2.45) is 0 Å². The van der Waals surface area contributed by atoms with E-state index in [-0.39, 0.29) is 11.2 Å². The van der Waals surface area contributed by atoms with E-state index in [1.165, 1.54) is 4.68 Å². The molecule has 0 aromatic carbocycles. The van der Waals surface area contributed by atoms with E-state index in [4.69, 9.17) is 11.6 Å². The molecule has 0 radical (unpaired) electrons. The minimum absolute atomic E-state index is 0.229. The van der Waals surface area contributed by atoms with Crippen molar-refractivity contribution in [2.45, 2.75) is 19.8 Å². The Bertz CT molecular complexity index is 451. The third-order valence-electron chi connectivity index (χ3n) is 1.84. The molecule has 0 saturated heterocycles. The van der Waals surface area contributed by atoms with Crippen LogP contribution in [0.15, 0.2) is 18.5 Å². The summed E-state index contributed by atoms with van der Waals surface area (Å²) >= 11 is 5.93. The zero-order valence-electron chi connectivity index (χ0n) is 8.42. The van der Waals surface area contributed by atoms with E-state index in [0.717, 1.165) is 0 Å². The fraction of sp³-hybridized carbons (Fsp3) is 0.333. The maximum atomic E-state index is 5.93. The van der Waals surface area contributed by atoms with Gasteiger partial charge < -0.3 is 0 Å². The number of aromatic nitrogens is 5. The average Bonchev–Trinajstić information content (AvgIpc) is 2.62. The van der Waals surface area contributed by atoms with Crippen LogP contribution in [-0.2, 0) is 0 Å². The van der Waals surface area contributed by atoms with E-state index in [2.05, 4.69) is 20.1 Å². The van der Waals surface area contributed by atoms with E-state index >= 15 is 0 Å². The van der Waals surface area contributed by atoms with Gasteiger partial charge in [-0.15, -0.1) is 5.10 Å². The predicted octanol–water partition coefficient (Wildman–Crippen LogP) is 1.83. The van der Waals surface area contributed by atoms with Crippen LogP contribution >= 0.6 is 11.6 Å². The Hall–Kier alpha value is -1.49. The molecule has 2 heterocycles. The van der Waals surface area contributed by atoms with Gasteiger partial charge in [0.25, 0.3) is 5.95 Å². The topological polar surface area (TPSA) is 56.5 Å². The van der Waals surface area contributed by atoms with Crippen molar-refractivity contribution in [3.8, 4) is 5.95 Å². The summed E-state index contributed by atoms with van der Waals surface area (Å²) in [5.41, 5.74) is 0. The summed E-state index contributed by atoms with van der Waals surface area (Å²) in [6.45, 7) is 4.00. The minimum atomic E-state index is 0.229. The molecule has 2 aromatic rings. The van der Waals surface area contributed by atoms with Gasteiger partial charge in [0.15, 0.2) is 5.82 Å². The third-order valence-corrected chi connectivity index (χ3v) is 2.09. The van der Waals surface area contributed by atoms with Crippen molar-refractivity contribution >= 4 is 11.6 Å². The summed E-state index contributed by atoms with van der Waals surface area (Å²) in [5.74, 6) is 1.35. The molecule has 0 atom stereocenters. The largest absolute Gasteiger partial charge is 0.253 e. The van der Waals surface area contributed by atoms with Gasteiger partial charge in [-0.2, -0.15) is 4.68 Å². The van der Waals surface area contributed by atoms with Gasteiger partial charge in [-0.05, 0) is 17.7 Å². The Kier molecular flexibility index (Phi) is 2.64. The van der Waals surface area contributed by atoms with Crippen LogP contribution < -0.4 is 0 Å². The van der Waals surface area contributed by atoms with Gasteiger partial charge in [-0.3, -0.25) is 0 Å². The van der Waals surface area contributed by atoms with Crippen molar-refractivity contribution in [1.82, 2.24) is 24.7 Å². The van der Waals surface area contributed by atoms with E-state index in [1.54, 1.807) is 18.5 Å². The molecule has 0 aliphatic rings. The summed E-state index contributed by atoms with van der Waals surface area (Å²) < 4.78 is 1.43. The Morgan fingerprint density at radius 1 is 1.27 bits per heavy atom. The molecule has 0 saturated carbocycles. The molecule has 0 amide bonds. The highest BCUT2D eigenvalue weighted by atomic mass is 35.5. The molecule has 15 heavy (non-hydrogen) atoms. The molecule has 6 heteroatoms. The Labute approximate surface area is 92.2 Å². The highest BCUT2D eigenvalue weighted by molar-refractivity contribution is 6.28. The highest BCUT2D eigenvalue weighted by Gasteiger charge is 2.13. The van der Waals surface area contributed by atoms with Crippen LogP contribution in [0.5, 0.6) is 0 Å². The van der Waals surface area contributed by atoms with E-state index < -0.39 is 0 Å². The Balaban J connectivity index is 2.45. The second-order valence-electron chi connectivity index (χ2n) is 3.35. The number of hydrogen-bond donors (Lipinski definition) is 0. The van der Waals surface area contributed by atoms with E-state index in [0.29, 0.717) is 11.8 Å². The summed E-state index contributed by atoms with van der Waals surface area (Å²) in [6.07, 6.45) is 3.27. The quantitative estimate of drug-likeness (QED) is 0.780. The normalized spacial score (nSPS) is 10.9. The van der Waals surface area contributed by atoms with Crippen LogP contribution in [-0.4, -0.2) is 24.7 Å². The van der Waals surface area contributed by atoms with Crippen molar-refractivity contribution < 1.29 is 0 Å². The molecule has 0 bridgehead atoms. The maximum absolute atomic E-state index is 5.93. The number of rotatable bonds is 2. The zero-order valence-corrected chi connectivity index (χ0v) is 9.18. The van der Waals surface area contributed by atoms with Gasteiger partial charge in [0.1, 0.15) is 0 Å². The Morgan fingerprint density at radius 3 is 2.47 bits per heavy atom. The molecule has 0 aliphatic carbocycles. The smallest absolute Gasteiger partial charge is 0.220 e. The molecule has 2 rings (SSSR count). The lowest BCUT2D eigenvalue weighted by Gasteiger charge is -1.97. The van der Waals surface area contributed by atoms with Crippen LogP contribution in [0.4, 0.5) is 0 Å². The standard InChI is InChI=1S/C9H10ClN5/c1-6(2)7-13-8(10)15(14-7)9-11-4-3-5-12-9/h3-6H,1-2H3. The number of nitrogens with zero attached hydrogens (tertiary/aromatic N) is 5. The van der Waals surface area contributed by atoms with Crippen molar-refractivity contribution in [1.29, 1.82) is 0 Å². The first-order valence-corrected chi connectivity index (χ1v) is 4.96. The Morgan fingerprint density at radius 2 is 1.93 bits per heavy atom. The third kappa shape index (κ3) is 1.97. The van der Waals surface area contributed by atoms with Gasteiger partial charge in [-0.25, -0.2) is 15.0 Å². The minimum Gasteiger partial charge on any atom is -0.220 e. The van der Waals surface area contributed by atoms with E-state index in [9.17, 15) is 0 Å². The lowest BCUT2D eigenvalue weighted by atomic mass is 10.2. The van der Waals surface area contributed by atoms with Crippen LogP contribution in [0.3, 0.4) is 0 Å². The van der Waals surface area contributed by atoms with Gasteiger partial charge in [0.2, 0.25) is 5.28 Å². The zero-order chi connectivity index (χ0) is 10.8. The van der Waals surface area contributed by atoms with Gasteiger partial charge in [0, 0.05) is 18.3 Å². The lowest BCUT2D eigenvalue weighted by Crippen LogP contribution is -2.02. The van der Waals surface area contributed by atoms with E-state index in [1.807, 2.05) is 13.8 Å². The van der Waals surface area contributed by atoms with Crippen LogP contribution in [0.25, 0.3) is 5.95 Å². The average molecular weight is 224 g/mol. The van der Waals surface area contributed by atoms with Gasteiger partial charge in [0.05, 0.1) is 0 Å². The SMILES string of the molecule is CC(C)c1nc(Cl)n(-c2ncccn2)n1. The number of halogens is 1. The first-order valence-electron chi connectivity index (χ1n) is 4.58. The van der Waals surface area contributed by atoms with Crippen molar-refractivity contribution in [3.63, 3.8) is 0 Å². The molecular weight excluding hydrogens is 214 g/mol. The molecule has 78 valence electrons. The van der Waals surface area contributed by atoms with Crippen molar-refractivity contribution in [3.05, 3.63) is 29.6 Å².